The van der Waals surface area contributed by atoms with Crippen LogP contribution < -0.4 is 10.5 Å². The molecule has 5 aromatic rings. The van der Waals surface area contributed by atoms with Gasteiger partial charge in [0.1, 0.15) is 6.04 Å². The van der Waals surface area contributed by atoms with Crippen molar-refractivity contribution >= 4 is 16.6 Å². The molecule has 38 heavy (non-hydrogen) atoms. The van der Waals surface area contributed by atoms with Crippen LogP contribution in [0.4, 0.5) is 5.69 Å². The van der Waals surface area contributed by atoms with Gasteiger partial charge in [-0.3, -0.25) is 9.69 Å². The van der Waals surface area contributed by atoms with Crippen LogP contribution in [0, 0.1) is 13.8 Å². The fourth-order valence-electron chi connectivity index (χ4n) is 5.56. The number of nitrogens with one attached hydrogen (secondary N) is 1. The third kappa shape index (κ3) is 4.70. The first-order chi connectivity index (χ1) is 18.6. The Balaban J connectivity index is 1.41. The first kappa shape index (κ1) is 24.1. The summed E-state index contributed by atoms with van der Waals surface area (Å²) in [6.07, 6.45) is 0. The van der Waals surface area contributed by atoms with Crippen LogP contribution >= 0.6 is 0 Å². The molecule has 1 atom stereocenters. The van der Waals surface area contributed by atoms with Gasteiger partial charge in [-0.15, -0.1) is 5.10 Å². The van der Waals surface area contributed by atoms with Gasteiger partial charge in [-0.2, -0.15) is 0 Å². The average Bonchev–Trinajstić information content (AvgIpc) is 3.38. The molecule has 3 heterocycles. The zero-order chi connectivity index (χ0) is 26.1. The minimum atomic E-state index is -0.374. The van der Waals surface area contributed by atoms with Gasteiger partial charge in [0.05, 0.1) is 12.1 Å². The Morgan fingerprint density at radius 3 is 2.34 bits per heavy atom. The third-order valence-electron chi connectivity index (χ3n) is 7.40. The zero-order valence-electron chi connectivity index (χ0n) is 21.7. The number of hydrogen-bond donors (Lipinski definition) is 1. The summed E-state index contributed by atoms with van der Waals surface area (Å²) in [7, 11) is 0. The second-order valence-electron chi connectivity index (χ2n) is 10.0. The summed E-state index contributed by atoms with van der Waals surface area (Å²) in [5.74, 6) is 0.677. The summed E-state index contributed by atoms with van der Waals surface area (Å²) in [4.78, 5) is 21.5. The Morgan fingerprint density at radius 1 is 0.895 bits per heavy atom. The number of hydrogen-bond acceptors (Lipinski definition) is 6. The molecule has 0 amide bonds. The predicted octanol–water partition coefficient (Wildman–Crippen LogP) is 4.09. The Morgan fingerprint density at radius 2 is 1.61 bits per heavy atom. The van der Waals surface area contributed by atoms with Crippen molar-refractivity contribution < 1.29 is 0 Å². The molecule has 8 nitrogen and oxygen atoms in total. The van der Waals surface area contributed by atoms with Crippen molar-refractivity contribution in [3.63, 3.8) is 0 Å². The number of benzene rings is 3. The predicted molar refractivity (Wildman–Crippen MR) is 149 cm³/mol. The fraction of sp³-hybridized carbons (Fsp3) is 0.267. The number of fused-ring (bicyclic) bond motifs is 1. The van der Waals surface area contributed by atoms with E-state index in [9.17, 15) is 4.79 Å². The van der Waals surface area contributed by atoms with Gasteiger partial charge in [-0.1, -0.05) is 60.2 Å². The van der Waals surface area contributed by atoms with Gasteiger partial charge >= 0.3 is 0 Å². The quantitative estimate of drug-likeness (QED) is 0.374. The van der Waals surface area contributed by atoms with E-state index >= 15 is 0 Å². The molecule has 2 aromatic heterocycles. The standard InChI is InChI=1S/C30H31N7O/c1-21-17-22(2)27-24(18-21)19-26(30(38)31-27)28(29-32-33-34-37(29)20-23-9-5-3-6-10-23)36-15-13-35(14-16-36)25-11-7-4-8-12-25/h3-12,17-19,28H,13-16,20H2,1-2H3,(H,31,38)/t28-/m1/s1. The number of anilines is 1. The molecule has 8 heteroatoms. The van der Waals surface area contributed by atoms with Gasteiger partial charge in [-0.25, -0.2) is 4.68 Å². The van der Waals surface area contributed by atoms with E-state index in [0.717, 1.165) is 53.8 Å². The number of piperazine rings is 1. The largest absolute Gasteiger partial charge is 0.369 e. The highest BCUT2D eigenvalue weighted by Crippen LogP contribution is 2.30. The van der Waals surface area contributed by atoms with E-state index in [1.165, 1.54) is 5.69 Å². The first-order valence-electron chi connectivity index (χ1n) is 13.0. The molecule has 1 N–H and O–H groups in total. The summed E-state index contributed by atoms with van der Waals surface area (Å²) >= 11 is 0. The van der Waals surface area contributed by atoms with Crippen LogP contribution in [0.3, 0.4) is 0 Å². The SMILES string of the molecule is Cc1cc(C)c2[nH]c(=O)c([C@H](c3nnnn3Cc3ccccc3)N3CCN(c4ccccc4)CC3)cc2c1. The van der Waals surface area contributed by atoms with E-state index in [1.807, 2.05) is 41.9 Å². The van der Waals surface area contributed by atoms with E-state index in [1.54, 1.807) is 0 Å². The highest BCUT2D eigenvalue weighted by Gasteiger charge is 2.33. The lowest BCUT2D eigenvalue weighted by Crippen LogP contribution is -2.49. The van der Waals surface area contributed by atoms with Gasteiger partial charge in [0.25, 0.3) is 5.56 Å². The van der Waals surface area contributed by atoms with Crippen molar-refractivity contribution in [1.82, 2.24) is 30.1 Å². The van der Waals surface area contributed by atoms with E-state index in [2.05, 4.69) is 85.8 Å². The second-order valence-corrected chi connectivity index (χ2v) is 10.0. The number of nitrogens with zero attached hydrogens (tertiary/aromatic N) is 6. The number of rotatable bonds is 6. The van der Waals surface area contributed by atoms with Crippen LogP contribution in [0.25, 0.3) is 10.9 Å². The molecule has 6 rings (SSSR count). The topological polar surface area (TPSA) is 82.9 Å². The fourth-order valence-corrected chi connectivity index (χ4v) is 5.56. The Labute approximate surface area is 221 Å². The number of tetrazole rings is 1. The number of H-pyrrole nitrogens is 1. The molecule has 1 fully saturated rings. The first-order valence-corrected chi connectivity index (χ1v) is 13.0. The zero-order valence-corrected chi connectivity index (χ0v) is 21.7. The molecule has 0 aliphatic carbocycles. The molecule has 1 saturated heterocycles. The van der Waals surface area contributed by atoms with E-state index in [4.69, 9.17) is 0 Å². The number of pyridine rings is 1. The molecule has 0 bridgehead atoms. The second kappa shape index (κ2) is 10.2. The highest BCUT2D eigenvalue weighted by atomic mass is 16.1. The minimum Gasteiger partial charge on any atom is -0.369 e. The van der Waals surface area contributed by atoms with Crippen molar-refractivity contribution in [2.24, 2.45) is 0 Å². The minimum absolute atomic E-state index is 0.103. The average molecular weight is 506 g/mol. The molecule has 0 saturated carbocycles. The number of aromatic nitrogens is 5. The maximum Gasteiger partial charge on any atom is 0.253 e. The smallest absolute Gasteiger partial charge is 0.253 e. The van der Waals surface area contributed by atoms with Crippen molar-refractivity contribution in [2.75, 3.05) is 31.1 Å². The van der Waals surface area contributed by atoms with E-state index in [0.29, 0.717) is 17.9 Å². The van der Waals surface area contributed by atoms with Crippen LogP contribution in [-0.4, -0.2) is 56.3 Å². The maximum absolute atomic E-state index is 13.6. The monoisotopic (exact) mass is 505 g/mol. The number of aryl methyl sites for hydroxylation is 2. The summed E-state index contributed by atoms with van der Waals surface area (Å²) in [6.45, 7) is 7.91. The normalized spacial score (nSPS) is 15.2. The molecular weight excluding hydrogens is 474 g/mol. The summed E-state index contributed by atoms with van der Waals surface area (Å²) < 4.78 is 1.83. The Kier molecular flexibility index (Phi) is 6.47. The molecule has 0 radical (unpaired) electrons. The lowest BCUT2D eigenvalue weighted by molar-refractivity contribution is 0.200. The molecule has 1 aliphatic rings. The highest BCUT2D eigenvalue weighted by molar-refractivity contribution is 5.83. The van der Waals surface area contributed by atoms with Gasteiger partial charge < -0.3 is 9.88 Å². The van der Waals surface area contributed by atoms with Crippen LogP contribution in [0.15, 0.2) is 83.7 Å². The van der Waals surface area contributed by atoms with Crippen LogP contribution in [-0.2, 0) is 6.54 Å². The van der Waals surface area contributed by atoms with Crippen LogP contribution in [0.1, 0.15) is 34.1 Å². The van der Waals surface area contributed by atoms with E-state index < -0.39 is 0 Å². The molecule has 0 unspecified atom stereocenters. The Bertz CT molecular complexity index is 1600. The van der Waals surface area contributed by atoms with Crippen molar-refractivity contribution in [3.8, 4) is 0 Å². The maximum atomic E-state index is 13.6. The number of para-hydroxylation sites is 1. The third-order valence-corrected chi connectivity index (χ3v) is 7.40. The molecule has 0 spiro atoms. The molecule has 192 valence electrons. The van der Waals surface area contributed by atoms with Crippen molar-refractivity contribution in [2.45, 2.75) is 26.4 Å². The lowest BCUT2D eigenvalue weighted by Gasteiger charge is -2.39. The van der Waals surface area contributed by atoms with Gasteiger partial charge in [-0.05, 0) is 65.1 Å². The van der Waals surface area contributed by atoms with Gasteiger partial charge in [0.15, 0.2) is 5.82 Å². The molecule has 3 aromatic carbocycles. The van der Waals surface area contributed by atoms with Crippen molar-refractivity contribution in [3.05, 3.63) is 117 Å². The van der Waals surface area contributed by atoms with Gasteiger partial charge in [0.2, 0.25) is 0 Å². The molecule has 1 aliphatic heterocycles. The van der Waals surface area contributed by atoms with Crippen molar-refractivity contribution in [1.29, 1.82) is 0 Å². The number of aromatic amines is 1. The summed E-state index contributed by atoms with van der Waals surface area (Å²) in [5, 5.41) is 13.9. The van der Waals surface area contributed by atoms with Crippen LogP contribution in [0.5, 0.6) is 0 Å². The Hall–Kier alpha value is -4.30. The lowest BCUT2D eigenvalue weighted by atomic mass is 10.00. The molecular formula is C30H31N7O. The van der Waals surface area contributed by atoms with Crippen LogP contribution in [0.2, 0.25) is 0 Å². The van der Waals surface area contributed by atoms with Gasteiger partial charge in [0, 0.05) is 37.4 Å². The van der Waals surface area contributed by atoms with E-state index in [-0.39, 0.29) is 11.6 Å². The summed E-state index contributed by atoms with van der Waals surface area (Å²) in [5.41, 5.74) is 5.98. The summed E-state index contributed by atoms with van der Waals surface area (Å²) in [6, 6.07) is 26.5.